The summed E-state index contributed by atoms with van der Waals surface area (Å²) in [6.07, 6.45) is 0.761. The minimum atomic E-state index is -0.615. The Morgan fingerprint density at radius 1 is 1.42 bits per heavy atom. The number of ketones is 1. The van der Waals surface area contributed by atoms with Crippen LogP contribution in [-0.4, -0.2) is 32.9 Å². The van der Waals surface area contributed by atoms with Crippen molar-refractivity contribution in [2.75, 3.05) is 6.54 Å². The number of hydrogen-bond donors (Lipinski definition) is 0. The number of nitrogens with zero attached hydrogens (tertiary/aromatic N) is 3. The molecule has 0 spiro atoms. The maximum atomic E-state index is 12.6. The summed E-state index contributed by atoms with van der Waals surface area (Å²) in [5.74, 6) is -0.258. The molecule has 7 nitrogen and oxygen atoms in total. The lowest BCUT2D eigenvalue weighted by molar-refractivity contribution is -0.129. The number of rotatable bonds is 4. The second kappa shape index (κ2) is 6.35. The van der Waals surface area contributed by atoms with E-state index >= 15 is 0 Å². The van der Waals surface area contributed by atoms with Gasteiger partial charge in [-0.25, -0.2) is 4.79 Å². The molecule has 128 valence electrons. The first-order chi connectivity index (χ1) is 11.4. The quantitative estimate of drug-likeness (QED) is 0.786. The van der Waals surface area contributed by atoms with Gasteiger partial charge in [0.1, 0.15) is 0 Å². The third kappa shape index (κ3) is 3.06. The zero-order chi connectivity index (χ0) is 17.4. The van der Waals surface area contributed by atoms with Gasteiger partial charge < -0.3 is 4.90 Å². The van der Waals surface area contributed by atoms with Crippen LogP contribution < -0.4 is 5.76 Å². The minimum absolute atomic E-state index is 0.00934. The van der Waals surface area contributed by atoms with Gasteiger partial charge in [0.15, 0.2) is 11.6 Å². The van der Waals surface area contributed by atoms with Crippen LogP contribution in [0.15, 0.2) is 15.4 Å². The van der Waals surface area contributed by atoms with Crippen molar-refractivity contribution >= 4 is 23.0 Å². The molecule has 0 aromatic carbocycles. The van der Waals surface area contributed by atoms with Crippen LogP contribution in [0.3, 0.4) is 0 Å². The predicted octanol–water partition coefficient (Wildman–Crippen LogP) is 1.81. The predicted molar refractivity (Wildman–Crippen MR) is 88.3 cm³/mol. The van der Waals surface area contributed by atoms with Crippen molar-refractivity contribution in [2.45, 2.75) is 46.2 Å². The molecule has 0 unspecified atom stereocenters. The fourth-order valence-electron chi connectivity index (χ4n) is 2.80. The number of carbonyl (C=O) groups excluding carboxylic acids is 2. The van der Waals surface area contributed by atoms with Crippen LogP contribution in [0.1, 0.15) is 52.6 Å². The van der Waals surface area contributed by atoms with Crippen molar-refractivity contribution in [3.8, 4) is 0 Å². The van der Waals surface area contributed by atoms with Crippen LogP contribution >= 0.6 is 11.3 Å². The molecule has 0 radical (unpaired) electrons. The fourth-order valence-corrected chi connectivity index (χ4v) is 3.89. The molecule has 24 heavy (non-hydrogen) atoms. The average molecular weight is 349 g/mol. The SMILES string of the molecule is CC(=O)N1CCc2sc(C(=O)Cn3c(C(C)C)noc3=O)cc2C1. The van der Waals surface area contributed by atoms with Crippen LogP contribution in [0.2, 0.25) is 0 Å². The summed E-state index contributed by atoms with van der Waals surface area (Å²) in [7, 11) is 0. The zero-order valence-corrected chi connectivity index (χ0v) is 14.7. The molecule has 1 aliphatic rings. The zero-order valence-electron chi connectivity index (χ0n) is 13.9. The van der Waals surface area contributed by atoms with Gasteiger partial charge >= 0.3 is 5.76 Å². The van der Waals surface area contributed by atoms with Crippen LogP contribution in [0.5, 0.6) is 0 Å². The standard InChI is InChI=1S/C16H19N3O4S/c1-9(2)15-17-23-16(22)19(15)8-12(21)14-6-11-7-18(10(3)20)5-4-13(11)24-14/h6,9H,4-5,7-8H2,1-3H3. The smallest absolute Gasteiger partial charge is 0.338 e. The maximum Gasteiger partial charge on any atom is 0.442 e. The fraction of sp³-hybridized carbons (Fsp3) is 0.500. The normalized spacial score (nSPS) is 14.1. The number of amides is 1. The molecule has 3 heterocycles. The van der Waals surface area contributed by atoms with Crippen molar-refractivity contribution < 1.29 is 14.1 Å². The lowest BCUT2D eigenvalue weighted by Gasteiger charge is -2.25. The highest BCUT2D eigenvalue weighted by Crippen LogP contribution is 2.29. The van der Waals surface area contributed by atoms with Gasteiger partial charge in [-0.3, -0.25) is 18.7 Å². The number of hydrogen-bond acceptors (Lipinski definition) is 6. The molecular weight excluding hydrogens is 330 g/mol. The second-order valence-corrected chi connectivity index (χ2v) is 7.36. The van der Waals surface area contributed by atoms with E-state index in [-0.39, 0.29) is 24.2 Å². The van der Waals surface area contributed by atoms with Crippen LogP contribution in [0.25, 0.3) is 0 Å². The molecule has 0 fully saturated rings. The Morgan fingerprint density at radius 2 is 2.17 bits per heavy atom. The van der Waals surface area contributed by atoms with Gasteiger partial charge in [0.25, 0.3) is 0 Å². The van der Waals surface area contributed by atoms with E-state index in [9.17, 15) is 14.4 Å². The first kappa shape index (κ1) is 16.6. The summed E-state index contributed by atoms with van der Waals surface area (Å²) in [5, 5.41) is 3.74. The van der Waals surface area contributed by atoms with E-state index in [1.54, 1.807) is 11.8 Å². The van der Waals surface area contributed by atoms with Gasteiger partial charge in [0, 0.05) is 30.8 Å². The topological polar surface area (TPSA) is 85.4 Å². The van der Waals surface area contributed by atoms with Crippen molar-refractivity contribution in [1.82, 2.24) is 14.6 Å². The van der Waals surface area contributed by atoms with E-state index < -0.39 is 5.76 Å². The third-order valence-electron chi connectivity index (χ3n) is 4.12. The first-order valence-corrected chi connectivity index (χ1v) is 8.65. The Bertz CT molecular complexity index is 846. The molecule has 1 aliphatic heterocycles. The summed E-state index contributed by atoms with van der Waals surface area (Å²) >= 11 is 1.45. The van der Waals surface area contributed by atoms with Gasteiger partial charge in [-0.1, -0.05) is 19.0 Å². The second-order valence-electron chi connectivity index (χ2n) is 6.22. The largest absolute Gasteiger partial charge is 0.442 e. The van der Waals surface area contributed by atoms with Crippen molar-refractivity contribution in [3.05, 3.63) is 37.8 Å². The summed E-state index contributed by atoms with van der Waals surface area (Å²) < 4.78 is 5.97. The molecule has 0 bridgehead atoms. The highest BCUT2D eigenvalue weighted by atomic mass is 32.1. The van der Waals surface area contributed by atoms with E-state index in [4.69, 9.17) is 0 Å². The maximum absolute atomic E-state index is 12.6. The number of Topliss-reactive ketones (excluding diaryl/α,β-unsaturated/α-hetero) is 1. The summed E-state index contributed by atoms with van der Waals surface area (Å²) in [5.41, 5.74) is 1.02. The van der Waals surface area contributed by atoms with E-state index in [1.807, 2.05) is 19.9 Å². The molecule has 0 aliphatic carbocycles. The Kier molecular flexibility index (Phi) is 4.40. The molecule has 0 atom stereocenters. The molecule has 0 saturated carbocycles. The van der Waals surface area contributed by atoms with Crippen molar-refractivity contribution in [3.63, 3.8) is 0 Å². The van der Waals surface area contributed by atoms with E-state index in [0.29, 0.717) is 23.8 Å². The van der Waals surface area contributed by atoms with Gasteiger partial charge in [-0.05, 0) is 18.1 Å². The van der Waals surface area contributed by atoms with Crippen molar-refractivity contribution in [1.29, 1.82) is 0 Å². The molecule has 1 amide bonds. The van der Waals surface area contributed by atoms with E-state index in [2.05, 4.69) is 9.68 Å². The third-order valence-corrected chi connectivity index (χ3v) is 5.40. The lowest BCUT2D eigenvalue weighted by atomic mass is 10.1. The molecule has 8 heteroatoms. The average Bonchev–Trinajstić information content (AvgIpc) is 3.10. The highest BCUT2D eigenvalue weighted by Gasteiger charge is 2.24. The number of fused-ring (bicyclic) bond motifs is 1. The van der Waals surface area contributed by atoms with E-state index in [0.717, 1.165) is 16.9 Å². The molecule has 2 aromatic heterocycles. The van der Waals surface area contributed by atoms with Gasteiger partial charge in [0.05, 0.1) is 11.4 Å². The molecule has 0 N–H and O–H groups in total. The molecule has 3 rings (SSSR count). The number of thiophene rings is 1. The van der Waals surface area contributed by atoms with Gasteiger partial charge in [0.2, 0.25) is 5.91 Å². The first-order valence-electron chi connectivity index (χ1n) is 7.83. The Balaban J connectivity index is 1.82. The van der Waals surface area contributed by atoms with Crippen molar-refractivity contribution in [2.24, 2.45) is 0 Å². The Morgan fingerprint density at radius 3 is 2.83 bits per heavy atom. The molecular formula is C16H19N3O4S. The monoisotopic (exact) mass is 349 g/mol. The highest BCUT2D eigenvalue weighted by molar-refractivity contribution is 7.14. The summed E-state index contributed by atoms with van der Waals surface area (Å²) in [4.78, 5) is 39.4. The minimum Gasteiger partial charge on any atom is -0.338 e. The van der Waals surface area contributed by atoms with Crippen LogP contribution in [0, 0.1) is 0 Å². The number of carbonyl (C=O) groups is 2. The lowest BCUT2D eigenvalue weighted by Crippen LogP contribution is -2.33. The van der Waals surface area contributed by atoms with Crippen LogP contribution in [-0.2, 0) is 24.3 Å². The number of aromatic nitrogens is 2. The van der Waals surface area contributed by atoms with E-state index in [1.165, 1.54) is 15.9 Å². The van der Waals surface area contributed by atoms with Gasteiger partial charge in [-0.15, -0.1) is 11.3 Å². The Hall–Kier alpha value is -2.22. The van der Waals surface area contributed by atoms with Gasteiger partial charge in [-0.2, -0.15) is 0 Å². The Labute approximate surface area is 142 Å². The van der Waals surface area contributed by atoms with Crippen LogP contribution in [0.4, 0.5) is 0 Å². The summed E-state index contributed by atoms with van der Waals surface area (Å²) in [6.45, 7) is 6.47. The summed E-state index contributed by atoms with van der Waals surface area (Å²) in [6, 6.07) is 1.84. The molecule has 0 saturated heterocycles. The molecule has 2 aromatic rings.